The van der Waals surface area contributed by atoms with Gasteiger partial charge < -0.3 is 46.5 Å². The number of amides is 1. The number of aromatic nitrogens is 4. The van der Waals surface area contributed by atoms with Crippen molar-refractivity contribution in [1.82, 2.24) is 25.3 Å². The lowest BCUT2D eigenvalue weighted by Crippen LogP contribution is -2.60. The number of anilines is 1. The molecule has 1 aliphatic heterocycles. The molecule has 4 rings (SSSR count). The summed E-state index contributed by atoms with van der Waals surface area (Å²) >= 11 is 0. The third-order valence-corrected chi connectivity index (χ3v) is 5.82. The van der Waals surface area contributed by atoms with Crippen LogP contribution in [0.25, 0.3) is 11.2 Å². The summed E-state index contributed by atoms with van der Waals surface area (Å²) in [6, 6.07) is 5.48. The number of carbonyl (C=O) groups excluding carboxylic acids is 1. The molecule has 0 radical (unpaired) electrons. The lowest BCUT2D eigenvalue weighted by Gasteiger charge is -2.42. The normalized spacial score (nSPS) is 25.7. The van der Waals surface area contributed by atoms with Crippen molar-refractivity contribution in [2.75, 3.05) is 18.5 Å². The summed E-state index contributed by atoms with van der Waals surface area (Å²) in [7, 11) is 0. The molecule has 2 aromatic heterocycles. The molecule has 13 heteroatoms. The van der Waals surface area contributed by atoms with Gasteiger partial charge in [0.1, 0.15) is 23.7 Å². The zero-order valence-corrected chi connectivity index (χ0v) is 18.1. The van der Waals surface area contributed by atoms with Gasteiger partial charge in [0, 0.05) is 12.5 Å². The molecule has 0 spiro atoms. The van der Waals surface area contributed by atoms with Crippen LogP contribution in [0, 0.1) is 5.92 Å². The van der Waals surface area contributed by atoms with Gasteiger partial charge in [0.2, 0.25) is 5.91 Å². The smallest absolute Gasteiger partial charge is 0.237 e. The highest BCUT2D eigenvalue weighted by Crippen LogP contribution is 2.28. The van der Waals surface area contributed by atoms with Crippen LogP contribution in [0.3, 0.4) is 0 Å². The van der Waals surface area contributed by atoms with Crippen LogP contribution >= 0.6 is 0 Å². The second-order valence-corrected chi connectivity index (χ2v) is 8.11. The fourth-order valence-electron chi connectivity index (χ4n) is 3.91. The predicted molar refractivity (Wildman–Crippen MR) is 119 cm³/mol. The molecule has 1 fully saturated rings. The number of nitrogens with zero attached hydrogens (tertiary/aromatic N) is 3. The van der Waals surface area contributed by atoms with Crippen LogP contribution in [-0.4, -0.2) is 90.0 Å². The molecule has 0 bridgehead atoms. The maximum atomic E-state index is 12.5. The minimum Gasteiger partial charge on any atom is -0.508 e. The largest absolute Gasteiger partial charge is 0.508 e. The Morgan fingerprint density at radius 1 is 1.18 bits per heavy atom. The Labute approximate surface area is 194 Å². The lowest BCUT2D eigenvalue weighted by atomic mass is 9.88. The molecule has 6 atom stereocenters. The van der Waals surface area contributed by atoms with Crippen molar-refractivity contribution in [3.63, 3.8) is 0 Å². The molecule has 1 aromatic carbocycles. The number of benzene rings is 1. The molecule has 1 saturated heterocycles. The molecule has 0 saturated carbocycles. The van der Waals surface area contributed by atoms with Crippen molar-refractivity contribution in [2.45, 2.75) is 37.0 Å². The summed E-state index contributed by atoms with van der Waals surface area (Å²) in [4.78, 5) is 27.5. The molecule has 13 nitrogen and oxygen atoms in total. The first-order chi connectivity index (χ1) is 16.4. The minimum atomic E-state index is -1.39. The van der Waals surface area contributed by atoms with E-state index in [2.05, 4.69) is 30.6 Å². The van der Waals surface area contributed by atoms with Crippen molar-refractivity contribution >= 4 is 22.9 Å². The van der Waals surface area contributed by atoms with Gasteiger partial charge in [-0.05, 0) is 24.1 Å². The first kappa shape index (κ1) is 23.8. The number of aromatic amines is 1. The number of aliphatic hydroxyl groups excluding tert-OH is 3. The molecule has 182 valence electrons. The molecule has 1 aliphatic rings. The number of ether oxygens (including phenoxy) is 1. The molecule has 1 amide bonds. The number of fused-ring (bicyclic) bond motifs is 1. The monoisotopic (exact) mass is 473 g/mol. The average Bonchev–Trinajstić information content (AvgIpc) is 3.32. The highest BCUT2D eigenvalue weighted by Gasteiger charge is 2.44. The number of nitrogens with two attached hydrogens (primary N) is 1. The number of carbonyl (C=O) groups is 1. The fourth-order valence-corrected chi connectivity index (χ4v) is 3.91. The molecule has 3 aromatic rings. The molecule has 3 heterocycles. The Balaban J connectivity index is 1.37. The van der Waals surface area contributed by atoms with Crippen molar-refractivity contribution < 1.29 is 30.0 Å². The highest BCUT2D eigenvalue weighted by atomic mass is 16.5. The molecule has 0 unspecified atom stereocenters. The summed E-state index contributed by atoms with van der Waals surface area (Å²) in [6.07, 6.45) is -1.70. The highest BCUT2D eigenvalue weighted by molar-refractivity contribution is 5.82. The SMILES string of the molecule is N[C@@H](Cc1ccc(O)cc1)C(=O)NC[C@@H]1[C@@H](O)[C@H](O)[C@@H](Nc2ncnc3nc[nH]c23)O[C@H]1CO. The first-order valence-corrected chi connectivity index (χ1v) is 10.7. The van der Waals surface area contributed by atoms with E-state index in [0.29, 0.717) is 17.0 Å². The third-order valence-electron chi connectivity index (χ3n) is 5.82. The Morgan fingerprint density at radius 3 is 2.68 bits per heavy atom. The Bertz CT molecular complexity index is 1110. The van der Waals surface area contributed by atoms with Crippen LogP contribution in [-0.2, 0) is 16.0 Å². The predicted octanol–water partition coefficient (Wildman–Crippen LogP) is -1.79. The molecular formula is C21H27N7O6. The quantitative estimate of drug-likeness (QED) is 0.183. The number of aromatic hydroxyl groups is 1. The number of hydrogen-bond donors (Lipinski definition) is 8. The number of phenolic OH excluding ortho intramolecular Hbond substituents is 1. The van der Waals surface area contributed by atoms with E-state index in [0.717, 1.165) is 5.56 Å². The topological polar surface area (TPSA) is 212 Å². The summed E-state index contributed by atoms with van der Waals surface area (Å²) in [5, 5.41) is 46.1. The Kier molecular flexibility index (Phi) is 7.19. The second kappa shape index (κ2) is 10.3. The number of imidazole rings is 1. The maximum absolute atomic E-state index is 12.5. The fraction of sp³-hybridized carbons (Fsp3) is 0.429. The van der Waals surface area contributed by atoms with E-state index >= 15 is 0 Å². The van der Waals surface area contributed by atoms with Crippen molar-refractivity contribution in [1.29, 1.82) is 0 Å². The third kappa shape index (κ3) is 5.08. The standard InChI is InChI=1S/C21H27N7O6/c22-13(5-10-1-3-11(30)4-2-10)20(33)23-6-12-14(7-29)34-21(17(32)16(12)31)28-19-15-18(25-8-24-15)26-9-27-19/h1-4,8-9,12-14,16-17,21,29-32H,5-7,22H2,(H,23,33)(H2,24,25,26,27,28)/t12-,13-,14-,16+,17-,21-/m0/s1. The number of H-pyrrole nitrogens is 1. The van der Waals surface area contributed by atoms with E-state index in [1.54, 1.807) is 12.1 Å². The number of hydrogen-bond acceptors (Lipinski definition) is 11. The van der Waals surface area contributed by atoms with Gasteiger partial charge in [-0.3, -0.25) is 4.79 Å². The number of rotatable bonds is 8. The molecule has 9 N–H and O–H groups in total. The molecule has 34 heavy (non-hydrogen) atoms. The zero-order chi connectivity index (χ0) is 24.2. The van der Waals surface area contributed by atoms with E-state index in [-0.39, 0.29) is 18.7 Å². The van der Waals surface area contributed by atoms with Gasteiger partial charge in [-0.15, -0.1) is 0 Å². The van der Waals surface area contributed by atoms with Crippen LogP contribution in [0.2, 0.25) is 0 Å². The maximum Gasteiger partial charge on any atom is 0.237 e. The van der Waals surface area contributed by atoms with Crippen molar-refractivity contribution in [3.8, 4) is 5.75 Å². The Morgan fingerprint density at radius 2 is 1.94 bits per heavy atom. The van der Waals surface area contributed by atoms with E-state index in [4.69, 9.17) is 10.5 Å². The van der Waals surface area contributed by atoms with Gasteiger partial charge >= 0.3 is 0 Å². The van der Waals surface area contributed by atoms with Crippen LogP contribution in [0.4, 0.5) is 5.82 Å². The lowest BCUT2D eigenvalue weighted by molar-refractivity contribution is -0.198. The van der Waals surface area contributed by atoms with Gasteiger partial charge in [0.05, 0.1) is 31.2 Å². The van der Waals surface area contributed by atoms with Gasteiger partial charge in [0.15, 0.2) is 17.7 Å². The summed E-state index contributed by atoms with van der Waals surface area (Å²) in [5.74, 6) is -0.833. The molecule has 0 aliphatic carbocycles. The summed E-state index contributed by atoms with van der Waals surface area (Å²) in [6.45, 7) is -0.526. The van der Waals surface area contributed by atoms with E-state index < -0.39 is 49.0 Å². The Hall–Kier alpha value is -3.36. The summed E-state index contributed by atoms with van der Waals surface area (Å²) < 4.78 is 5.79. The second-order valence-electron chi connectivity index (χ2n) is 8.11. The van der Waals surface area contributed by atoms with E-state index in [9.17, 15) is 25.2 Å². The average molecular weight is 473 g/mol. The number of phenols is 1. The van der Waals surface area contributed by atoms with Crippen LogP contribution < -0.4 is 16.4 Å². The first-order valence-electron chi connectivity index (χ1n) is 10.7. The summed E-state index contributed by atoms with van der Waals surface area (Å²) in [5.41, 5.74) is 7.65. The van der Waals surface area contributed by atoms with Crippen LogP contribution in [0.5, 0.6) is 5.75 Å². The van der Waals surface area contributed by atoms with Gasteiger partial charge in [-0.1, -0.05) is 12.1 Å². The zero-order valence-electron chi connectivity index (χ0n) is 18.1. The number of nitrogens with one attached hydrogen (secondary N) is 3. The van der Waals surface area contributed by atoms with Crippen molar-refractivity contribution in [3.05, 3.63) is 42.5 Å². The van der Waals surface area contributed by atoms with Gasteiger partial charge in [-0.2, -0.15) is 0 Å². The van der Waals surface area contributed by atoms with Gasteiger partial charge in [0.25, 0.3) is 0 Å². The minimum absolute atomic E-state index is 0.0728. The van der Waals surface area contributed by atoms with Crippen molar-refractivity contribution in [2.24, 2.45) is 11.7 Å². The van der Waals surface area contributed by atoms with Crippen LogP contribution in [0.15, 0.2) is 36.9 Å². The van der Waals surface area contributed by atoms with E-state index in [1.807, 2.05) is 0 Å². The van der Waals surface area contributed by atoms with Crippen LogP contribution in [0.1, 0.15) is 5.56 Å². The molecular weight excluding hydrogens is 446 g/mol. The van der Waals surface area contributed by atoms with Gasteiger partial charge in [-0.25, -0.2) is 15.0 Å². The van der Waals surface area contributed by atoms with E-state index in [1.165, 1.54) is 24.8 Å². The number of aliphatic hydroxyl groups is 3.